The summed E-state index contributed by atoms with van der Waals surface area (Å²) in [4.78, 5) is 13.3. The highest BCUT2D eigenvalue weighted by molar-refractivity contribution is 5.56. The summed E-state index contributed by atoms with van der Waals surface area (Å²) >= 11 is 0. The number of pyridine rings is 1. The van der Waals surface area contributed by atoms with Gasteiger partial charge in [0.25, 0.3) is 0 Å². The number of hydrogen-bond acceptors (Lipinski definition) is 6. The molecule has 1 unspecified atom stereocenters. The van der Waals surface area contributed by atoms with Gasteiger partial charge < -0.3 is 10.7 Å². The maximum absolute atomic E-state index is 7.47. The summed E-state index contributed by atoms with van der Waals surface area (Å²) in [5.41, 5.74) is 3.01. The smallest absolute Gasteiger partial charge is 0.162 e. The van der Waals surface area contributed by atoms with E-state index in [-0.39, 0.29) is 6.04 Å². The van der Waals surface area contributed by atoms with E-state index in [1.165, 1.54) is 6.21 Å². The van der Waals surface area contributed by atoms with Crippen LogP contribution in [0, 0.1) is 5.41 Å². The van der Waals surface area contributed by atoms with Gasteiger partial charge in [0, 0.05) is 30.6 Å². The summed E-state index contributed by atoms with van der Waals surface area (Å²) in [5, 5.41) is 15.0. The average Bonchev–Trinajstić information content (AvgIpc) is 3.07. The lowest BCUT2D eigenvalue weighted by Gasteiger charge is -2.19. The first kappa shape index (κ1) is 16.0. The van der Waals surface area contributed by atoms with Crippen LogP contribution < -0.4 is 5.32 Å². The molecule has 7 nitrogen and oxygen atoms in total. The van der Waals surface area contributed by atoms with Gasteiger partial charge in [-0.3, -0.25) is 0 Å². The van der Waals surface area contributed by atoms with Crippen molar-refractivity contribution in [3.63, 3.8) is 0 Å². The first-order chi connectivity index (χ1) is 11.8. The SMILES string of the molecule is CCCc1c(CC(CC=N)Nc2ccccn2)ncn2ncnc12. The second-order valence-electron chi connectivity index (χ2n) is 5.65. The molecular weight excluding hydrogens is 302 g/mol. The van der Waals surface area contributed by atoms with Gasteiger partial charge in [-0.2, -0.15) is 5.10 Å². The molecule has 0 radical (unpaired) electrons. The number of anilines is 1. The van der Waals surface area contributed by atoms with E-state index in [1.54, 1.807) is 23.4 Å². The highest BCUT2D eigenvalue weighted by Gasteiger charge is 2.16. The molecule has 3 aromatic heterocycles. The second-order valence-corrected chi connectivity index (χ2v) is 5.65. The van der Waals surface area contributed by atoms with E-state index in [1.807, 2.05) is 18.2 Å². The molecule has 0 spiro atoms. The van der Waals surface area contributed by atoms with Gasteiger partial charge >= 0.3 is 0 Å². The highest BCUT2D eigenvalue weighted by Crippen LogP contribution is 2.18. The quantitative estimate of drug-likeness (QED) is 0.622. The van der Waals surface area contributed by atoms with Crippen LogP contribution in [0.4, 0.5) is 5.82 Å². The number of hydrogen-bond donors (Lipinski definition) is 2. The maximum Gasteiger partial charge on any atom is 0.162 e. The first-order valence-electron chi connectivity index (χ1n) is 8.14. The second kappa shape index (κ2) is 7.63. The van der Waals surface area contributed by atoms with E-state index >= 15 is 0 Å². The van der Waals surface area contributed by atoms with Crippen LogP contribution in [0.2, 0.25) is 0 Å². The fourth-order valence-corrected chi connectivity index (χ4v) is 2.79. The van der Waals surface area contributed by atoms with Gasteiger partial charge in [0.15, 0.2) is 5.65 Å². The minimum Gasteiger partial charge on any atom is -0.367 e. The number of nitrogens with one attached hydrogen (secondary N) is 2. The Hall–Kier alpha value is -2.83. The summed E-state index contributed by atoms with van der Waals surface area (Å²) < 4.78 is 1.71. The van der Waals surface area contributed by atoms with Crippen LogP contribution in [0.15, 0.2) is 37.1 Å². The molecular formula is C17H21N7. The van der Waals surface area contributed by atoms with Crippen LogP contribution in [0.5, 0.6) is 0 Å². The Balaban J connectivity index is 1.87. The zero-order valence-electron chi connectivity index (χ0n) is 13.7. The number of aromatic nitrogens is 5. The summed E-state index contributed by atoms with van der Waals surface area (Å²) in [6, 6.07) is 5.82. The van der Waals surface area contributed by atoms with Crippen molar-refractivity contribution in [2.75, 3.05) is 5.32 Å². The molecule has 0 saturated heterocycles. The molecule has 0 aromatic carbocycles. The third-order valence-electron chi connectivity index (χ3n) is 3.87. The van der Waals surface area contributed by atoms with E-state index < -0.39 is 0 Å². The molecule has 7 heteroatoms. The van der Waals surface area contributed by atoms with Crippen LogP contribution in [0.25, 0.3) is 5.65 Å². The zero-order valence-corrected chi connectivity index (χ0v) is 13.7. The highest BCUT2D eigenvalue weighted by atomic mass is 15.3. The Morgan fingerprint density at radius 3 is 2.96 bits per heavy atom. The third-order valence-corrected chi connectivity index (χ3v) is 3.87. The monoisotopic (exact) mass is 323 g/mol. The third kappa shape index (κ3) is 3.56. The van der Waals surface area contributed by atoms with Gasteiger partial charge in [0.05, 0.1) is 5.69 Å². The number of rotatable bonds is 8. The van der Waals surface area contributed by atoms with E-state index in [2.05, 4.69) is 32.3 Å². The molecule has 0 aliphatic heterocycles. The molecule has 0 amide bonds. The summed E-state index contributed by atoms with van der Waals surface area (Å²) in [7, 11) is 0. The molecule has 3 rings (SSSR count). The first-order valence-corrected chi connectivity index (χ1v) is 8.14. The lowest BCUT2D eigenvalue weighted by molar-refractivity contribution is 0.709. The summed E-state index contributed by atoms with van der Waals surface area (Å²) in [5.74, 6) is 0.810. The van der Waals surface area contributed by atoms with Crippen LogP contribution in [-0.4, -0.2) is 36.8 Å². The average molecular weight is 323 g/mol. The lowest BCUT2D eigenvalue weighted by Crippen LogP contribution is -2.25. The maximum atomic E-state index is 7.47. The molecule has 3 aromatic rings. The Bertz CT molecular complexity index is 797. The molecule has 0 saturated carbocycles. The normalized spacial score (nSPS) is 12.2. The molecule has 0 aliphatic carbocycles. The summed E-state index contributed by atoms with van der Waals surface area (Å²) in [6.07, 6.45) is 9.70. The Morgan fingerprint density at radius 2 is 2.21 bits per heavy atom. The van der Waals surface area contributed by atoms with Crippen molar-refractivity contribution in [2.24, 2.45) is 0 Å². The van der Waals surface area contributed by atoms with Crippen molar-refractivity contribution < 1.29 is 0 Å². The topological polar surface area (TPSA) is 91.9 Å². The largest absolute Gasteiger partial charge is 0.367 e. The zero-order chi connectivity index (χ0) is 16.8. The van der Waals surface area contributed by atoms with Crippen molar-refractivity contribution in [1.82, 2.24) is 24.6 Å². The number of aryl methyl sites for hydroxylation is 1. The van der Waals surface area contributed by atoms with Gasteiger partial charge in [-0.05, 0) is 24.8 Å². The molecule has 0 aliphatic rings. The van der Waals surface area contributed by atoms with Gasteiger partial charge in [-0.25, -0.2) is 19.5 Å². The van der Waals surface area contributed by atoms with Crippen molar-refractivity contribution in [1.29, 1.82) is 5.41 Å². The molecule has 0 bridgehead atoms. The van der Waals surface area contributed by atoms with Crippen molar-refractivity contribution in [3.05, 3.63) is 48.3 Å². The van der Waals surface area contributed by atoms with Crippen LogP contribution in [0.3, 0.4) is 0 Å². The Morgan fingerprint density at radius 1 is 1.29 bits per heavy atom. The Labute approximate surface area is 140 Å². The fraction of sp³-hybridized carbons (Fsp3) is 0.353. The van der Waals surface area contributed by atoms with E-state index in [0.29, 0.717) is 12.8 Å². The molecule has 3 heterocycles. The lowest BCUT2D eigenvalue weighted by atomic mass is 10.0. The van der Waals surface area contributed by atoms with Gasteiger partial charge in [-0.1, -0.05) is 19.4 Å². The molecule has 0 fully saturated rings. The fourth-order valence-electron chi connectivity index (χ4n) is 2.79. The predicted molar refractivity (Wildman–Crippen MR) is 93.5 cm³/mol. The summed E-state index contributed by atoms with van der Waals surface area (Å²) in [6.45, 7) is 2.14. The van der Waals surface area contributed by atoms with Gasteiger partial charge in [0.2, 0.25) is 0 Å². The molecule has 124 valence electrons. The molecule has 1 atom stereocenters. The Kier molecular flexibility index (Phi) is 5.10. The van der Waals surface area contributed by atoms with Crippen molar-refractivity contribution >= 4 is 17.7 Å². The standard InChI is InChI=1S/C17H21N7/c1-2-5-14-15(21-12-24-17(14)20-11-22-24)10-13(7-8-18)23-16-6-3-4-9-19-16/h3-4,6,8-9,11-13,18H,2,5,7,10H2,1H3,(H,19,23). The van der Waals surface area contributed by atoms with Gasteiger partial charge in [0.1, 0.15) is 18.5 Å². The van der Waals surface area contributed by atoms with Crippen LogP contribution in [0.1, 0.15) is 31.0 Å². The molecule has 2 N–H and O–H groups in total. The van der Waals surface area contributed by atoms with Crippen molar-refractivity contribution in [3.8, 4) is 0 Å². The minimum absolute atomic E-state index is 0.0610. The van der Waals surface area contributed by atoms with Gasteiger partial charge in [-0.15, -0.1) is 0 Å². The van der Waals surface area contributed by atoms with Crippen molar-refractivity contribution in [2.45, 2.75) is 38.6 Å². The molecule has 24 heavy (non-hydrogen) atoms. The van der Waals surface area contributed by atoms with Crippen LogP contribution >= 0.6 is 0 Å². The van der Waals surface area contributed by atoms with Crippen LogP contribution in [-0.2, 0) is 12.8 Å². The van der Waals surface area contributed by atoms with E-state index in [9.17, 15) is 0 Å². The predicted octanol–water partition coefficient (Wildman–Crippen LogP) is 2.53. The van der Waals surface area contributed by atoms with E-state index in [0.717, 1.165) is 35.6 Å². The van der Waals surface area contributed by atoms with E-state index in [4.69, 9.17) is 5.41 Å². The minimum atomic E-state index is 0.0610. The number of nitrogens with zero attached hydrogens (tertiary/aromatic N) is 5. The number of fused-ring (bicyclic) bond motifs is 1.